The van der Waals surface area contributed by atoms with E-state index in [-0.39, 0.29) is 17.2 Å². The Labute approximate surface area is 177 Å². The van der Waals surface area contributed by atoms with E-state index in [0.717, 1.165) is 10.8 Å². The second kappa shape index (κ2) is 9.00. The van der Waals surface area contributed by atoms with Crippen LogP contribution in [0.5, 0.6) is 5.75 Å². The fourth-order valence-corrected chi connectivity index (χ4v) is 3.06. The summed E-state index contributed by atoms with van der Waals surface area (Å²) in [6, 6.07) is 25.2. The first-order chi connectivity index (χ1) is 15.1. The van der Waals surface area contributed by atoms with Crippen LogP contribution in [0.25, 0.3) is 10.8 Å². The average Bonchev–Trinajstić information content (AvgIpc) is 2.80. The number of hydrogen-bond donors (Lipinski definition) is 1. The molecule has 4 aromatic carbocycles. The van der Waals surface area contributed by atoms with E-state index in [2.05, 4.69) is 10.5 Å². The van der Waals surface area contributed by atoms with Gasteiger partial charge in [-0.25, -0.2) is 14.6 Å². The fourth-order valence-electron chi connectivity index (χ4n) is 3.06. The third kappa shape index (κ3) is 4.64. The molecule has 1 amide bonds. The highest BCUT2D eigenvalue weighted by atomic mass is 19.1. The molecule has 0 aliphatic rings. The van der Waals surface area contributed by atoms with E-state index in [9.17, 15) is 14.0 Å². The van der Waals surface area contributed by atoms with Gasteiger partial charge in [-0.15, -0.1) is 0 Å². The van der Waals surface area contributed by atoms with Crippen molar-refractivity contribution in [2.24, 2.45) is 5.10 Å². The number of ether oxygens (including phenoxy) is 1. The van der Waals surface area contributed by atoms with Crippen LogP contribution in [0.15, 0.2) is 96.1 Å². The average molecular weight is 412 g/mol. The first-order valence-corrected chi connectivity index (χ1v) is 9.50. The molecule has 0 saturated heterocycles. The van der Waals surface area contributed by atoms with E-state index in [1.54, 1.807) is 36.4 Å². The van der Waals surface area contributed by atoms with Gasteiger partial charge in [0.2, 0.25) is 0 Å². The van der Waals surface area contributed by atoms with Crippen molar-refractivity contribution in [2.45, 2.75) is 0 Å². The van der Waals surface area contributed by atoms with Gasteiger partial charge in [0.1, 0.15) is 11.6 Å². The topological polar surface area (TPSA) is 67.8 Å². The number of hydrogen-bond acceptors (Lipinski definition) is 4. The molecule has 0 radical (unpaired) electrons. The summed E-state index contributed by atoms with van der Waals surface area (Å²) in [5.41, 5.74) is 3.60. The third-order valence-corrected chi connectivity index (χ3v) is 4.60. The molecule has 0 spiro atoms. The van der Waals surface area contributed by atoms with Crippen LogP contribution in [0.4, 0.5) is 4.39 Å². The SMILES string of the molecule is O=C(Oc1ccc(/C=N/NC(=O)c2cccc3ccccc23)cc1)c1ccccc1F. The summed E-state index contributed by atoms with van der Waals surface area (Å²) < 4.78 is 18.9. The Kier molecular flexibility index (Phi) is 5.80. The predicted molar refractivity (Wildman–Crippen MR) is 117 cm³/mol. The first-order valence-electron chi connectivity index (χ1n) is 9.50. The van der Waals surface area contributed by atoms with Crippen molar-refractivity contribution in [3.05, 3.63) is 114 Å². The zero-order valence-corrected chi connectivity index (χ0v) is 16.3. The quantitative estimate of drug-likeness (QED) is 0.218. The van der Waals surface area contributed by atoms with E-state index in [1.807, 2.05) is 36.4 Å². The zero-order chi connectivity index (χ0) is 21.6. The Balaban J connectivity index is 1.39. The van der Waals surface area contributed by atoms with Crippen LogP contribution in [0, 0.1) is 5.82 Å². The van der Waals surface area contributed by atoms with Crippen LogP contribution in [0.2, 0.25) is 0 Å². The highest BCUT2D eigenvalue weighted by Crippen LogP contribution is 2.18. The smallest absolute Gasteiger partial charge is 0.346 e. The standard InChI is InChI=1S/C25H17FN2O3/c26-23-11-4-3-9-22(23)25(30)31-19-14-12-17(13-15-19)16-27-28-24(29)21-10-5-7-18-6-1-2-8-20(18)21/h1-16H,(H,28,29)/b27-16+. The van der Waals surface area contributed by atoms with Crippen LogP contribution >= 0.6 is 0 Å². The molecule has 0 bridgehead atoms. The second-order valence-corrected chi connectivity index (χ2v) is 6.66. The number of carbonyl (C=O) groups excluding carboxylic acids is 2. The molecular formula is C25H17FN2O3. The van der Waals surface area contributed by atoms with Crippen molar-refractivity contribution >= 4 is 28.9 Å². The van der Waals surface area contributed by atoms with Crippen molar-refractivity contribution in [1.82, 2.24) is 5.43 Å². The molecule has 0 aromatic heterocycles. The normalized spacial score (nSPS) is 10.9. The number of amides is 1. The van der Waals surface area contributed by atoms with Crippen LogP contribution in [0.3, 0.4) is 0 Å². The highest BCUT2D eigenvalue weighted by Gasteiger charge is 2.13. The molecular weight excluding hydrogens is 395 g/mol. The summed E-state index contributed by atoms with van der Waals surface area (Å²) in [5.74, 6) is -1.46. The van der Waals surface area contributed by atoms with E-state index in [1.165, 1.54) is 24.4 Å². The van der Waals surface area contributed by atoms with Gasteiger partial charge >= 0.3 is 5.97 Å². The van der Waals surface area contributed by atoms with Crippen molar-refractivity contribution in [3.8, 4) is 5.75 Å². The van der Waals surface area contributed by atoms with Crippen LogP contribution in [-0.4, -0.2) is 18.1 Å². The number of fused-ring (bicyclic) bond motifs is 1. The Morgan fingerprint density at radius 1 is 0.806 bits per heavy atom. The summed E-state index contributed by atoms with van der Waals surface area (Å²) in [6.07, 6.45) is 1.48. The van der Waals surface area contributed by atoms with E-state index < -0.39 is 11.8 Å². The Bertz CT molecular complexity index is 1280. The van der Waals surface area contributed by atoms with Gasteiger partial charge in [0, 0.05) is 5.56 Å². The number of hydrazone groups is 1. The van der Waals surface area contributed by atoms with Crippen LogP contribution < -0.4 is 10.2 Å². The summed E-state index contributed by atoms with van der Waals surface area (Å²) in [4.78, 5) is 24.5. The fraction of sp³-hybridized carbons (Fsp3) is 0. The number of esters is 1. The zero-order valence-electron chi connectivity index (χ0n) is 16.3. The largest absolute Gasteiger partial charge is 0.423 e. The van der Waals surface area contributed by atoms with Gasteiger partial charge < -0.3 is 4.74 Å². The molecule has 0 saturated carbocycles. The predicted octanol–water partition coefficient (Wildman–Crippen LogP) is 4.96. The van der Waals surface area contributed by atoms with Gasteiger partial charge in [-0.1, -0.05) is 48.5 Å². The van der Waals surface area contributed by atoms with Crippen molar-refractivity contribution in [2.75, 3.05) is 0 Å². The molecule has 4 rings (SSSR count). The molecule has 0 heterocycles. The van der Waals surface area contributed by atoms with Crippen molar-refractivity contribution < 1.29 is 18.7 Å². The lowest BCUT2D eigenvalue weighted by Crippen LogP contribution is -2.17. The molecule has 0 aliphatic heterocycles. The Hall–Kier alpha value is -4.32. The minimum atomic E-state index is -0.776. The van der Waals surface area contributed by atoms with Gasteiger partial charge in [-0.3, -0.25) is 4.79 Å². The molecule has 0 aliphatic carbocycles. The van der Waals surface area contributed by atoms with Crippen LogP contribution in [-0.2, 0) is 0 Å². The van der Waals surface area contributed by atoms with Gasteiger partial charge in [0.15, 0.2) is 0 Å². The summed E-state index contributed by atoms with van der Waals surface area (Å²) in [6.45, 7) is 0. The number of nitrogens with one attached hydrogen (secondary N) is 1. The maximum absolute atomic E-state index is 13.7. The number of nitrogens with zero attached hydrogens (tertiary/aromatic N) is 1. The van der Waals surface area contributed by atoms with E-state index in [0.29, 0.717) is 11.1 Å². The van der Waals surface area contributed by atoms with Gasteiger partial charge in [-0.05, 0) is 58.8 Å². The van der Waals surface area contributed by atoms with Crippen LogP contribution in [0.1, 0.15) is 26.3 Å². The number of carbonyl (C=O) groups is 2. The van der Waals surface area contributed by atoms with Crippen molar-refractivity contribution in [3.63, 3.8) is 0 Å². The molecule has 0 fully saturated rings. The minimum absolute atomic E-state index is 0.135. The number of rotatable bonds is 5. The summed E-state index contributed by atoms with van der Waals surface area (Å²) in [5, 5.41) is 5.81. The van der Waals surface area contributed by atoms with Gasteiger partial charge in [-0.2, -0.15) is 5.10 Å². The van der Waals surface area contributed by atoms with Crippen molar-refractivity contribution in [1.29, 1.82) is 0 Å². The molecule has 4 aromatic rings. The summed E-state index contributed by atoms with van der Waals surface area (Å²) in [7, 11) is 0. The Morgan fingerprint density at radius 2 is 1.48 bits per heavy atom. The first kappa shape index (κ1) is 20.0. The lowest BCUT2D eigenvalue weighted by molar-refractivity contribution is 0.0729. The second-order valence-electron chi connectivity index (χ2n) is 6.66. The minimum Gasteiger partial charge on any atom is -0.423 e. The van der Waals surface area contributed by atoms with Gasteiger partial charge in [0.25, 0.3) is 5.91 Å². The number of halogens is 1. The summed E-state index contributed by atoms with van der Waals surface area (Å²) >= 11 is 0. The molecule has 0 unspecified atom stereocenters. The van der Waals surface area contributed by atoms with E-state index >= 15 is 0 Å². The monoisotopic (exact) mass is 412 g/mol. The molecule has 31 heavy (non-hydrogen) atoms. The maximum atomic E-state index is 13.7. The maximum Gasteiger partial charge on any atom is 0.346 e. The Morgan fingerprint density at radius 3 is 2.29 bits per heavy atom. The molecule has 152 valence electrons. The lowest BCUT2D eigenvalue weighted by atomic mass is 10.0. The lowest BCUT2D eigenvalue weighted by Gasteiger charge is -2.06. The molecule has 0 atom stereocenters. The van der Waals surface area contributed by atoms with Gasteiger partial charge in [0.05, 0.1) is 11.8 Å². The third-order valence-electron chi connectivity index (χ3n) is 4.60. The molecule has 1 N–H and O–H groups in total. The van der Waals surface area contributed by atoms with E-state index in [4.69, 9.17) is 4.74 Å². The molecule has 6 heteroatoms. The molecule has 5 nitrogen and oxygen atoms in total. The highest BCUT2D eigenvalue weighted by molar-refractivity contribution is 6.07. The number of benzene rings is 4.